The lowest BCUT2D eigenvalue weighted by Gasteiger charge is -2.08. The molecule has 1 aromatic rings. The minimum Gasteiger partial charge on any atom is -0.492 e. The van der Waals surface area contributed by atoms with Crippen LogP contribution in [-0.2, 0) is 4.79 Å². The van der Waals surface area contributed by atoms with Gasteiger partial charge in [-0.05, 0) is 12.1 Å². The Morgan fingerprint density at radius 2 is 2.18 bits per heavy atom. The summed E-state index contributed by atoms with van der Waals surface area (Å²) < 4.78 is 18.3. The topological polar surface area (TPSA) is 75.6 Å². The van der Waals surface area contributed by atoms with Gasteiger partial charge in [-0.1, -0.05) is 6.07 Å². The predicted octanol–water partition coefficient (Wildman–Crippen LogP) is 1.04. The Morgan fingerprint density at radius 1 is 1.47 bits per heavy atom. The molecule has 0 unspecified atom stereocenters. The Hall–Kier alpha value is -2.11. The maximum absolute atomic E-state index is 13.2. The summed E-state index contributed by atoms with van der Waals surface area (Å²) in [7, 11) is 1.48. The third kappa shape index (κ3) is 3.44. The van der Waals surface area contributed by atoms with Gasteiger partial charge in [0.05, 0.1) is 13.0 Å². The lowest BCUT2D eigenvalue weighted by molar-refractivity contribution is -0.121. The summed E-state index contributed by atoms with van der Waals surface area (Å²) in [6.07, 6.45) is 0.0755. The third-order valence-corrected chi connectivity index (χ3v) is 2.05. The van der Waals surface area contributed by atoms with Gasteiger partial charge >= 0.3 is 5.97 Å². The van der Waals surface area contributed by atoms with Crippen LogP contribution in [0.15, 0.2) is 18.2 Å². The van der Waals surface area contributed by atoms with Gasteiger partial charge in [0, 0.05) is 7.05 Å². The Bertz CT molecular complexity index is 433. The molecule has 0 heterocycles. The molecule has 0 aromatic heterocycles. The maximum Gasteiger partial charge on any atom is 0.342 e. The molecule has 5 nitrogen and oxygen atoms in total. The highest BCUT2D eigenvalue weighted by atomic mass is 19.1. The van der Waals surface area contributed by atoms with Gasteiger partial charge < -0.3 is 15.2 Å². The summed E-state index contributed by atoms with van der Waals surface area (Å²) in [5.41, 5.74) is -0.524. The number of ether oxygens (including phenoxy) is 1. The van der Waals surface area contributed by atoms with Gasteiger partial charge in [-0.15, -0.1) is 0 Å². The van der Waals surface area contributed by atoms with Crippen LogP contribution in [0.1, 0.15) is 16.8 Å². The molecule has 6 heteroatoms. The number of aromatic carboxylic acids is 1. The molecule has 0 aliphatic heterocycles. The van der Waals surface area contributed by atoms with E-state index in [1.807, 2.05) is 0 Å². The summed E-state index contributed by atoms with van der Waals surface area (Å²) in [6.45, 7) is -0.0105. The van der Waals surface area contributed by atoms with E-state index < -0.39 is 17.3 Å². The highest BCUT2D eigenvalue weighted by Gasteiger charge is 2.16. The van der Waals surface area contributed by atoms with Gasteiger partial charge in [0.2, 0.25) is 5.91 Å². The van der Waals surface area contributed by atoms with Crippen molar-refractivity contribution in [3.05, 3.63) is 29.6 Å². The average molecular weight is 241 g/mol. The van der Waals surface area contributed by atoms with Crippen molar-refractivity contribution in [2.75, 3.05) is 13.7 Å². The molecular formula is C11H12FNO4. The van der Waals surface area contributed by atoms with Crippen LogP contribution in [0.25, 0.3) is 0 Å². The van der Waals surface area contributed by atoms with E-state index in [4.69, 9.17) is 9.84 Å². The second-order valence-corrected chi connectivity index (χ2v) is 3.19. The first-order valence-electron chi connectivity index (χ1n) is 4.91. The van der Waals surface area contributed by atoms with Crippen LogP contribution < -0.4 is 10.1 Å². The molecule has 1 rings (SSSR count). The van der Waals surface area contributed by atoms with Gasteiger partial charge in [0.25, 0.3) is 0 Å². The largest absolute Gasteiger partial charge is 0.492 e. The second-order valence-electron chi connectivity index (χ2n) is 3.19. The van der Waals surface area contributed by atoms with E-state index in [0.717, 1.165) is 6.07 Å². The van der Waals surface area contributed by atoms with E-state index in [1.165, 1.54) is 19.2 Å². The van der Waals surface area contributed by atoms with Gasteiger partial charge in [0.15, 0.2) is 0 Å². The van der Waals surface area contributed by atoms with E-state index in [1.54, 1.807) is 0 Å². The number of rotatable bonds is 5. The normalized spacial score (nSPS) is 9.76. The molecule has 0 atom stereocenters. The summed E-state index contributed by atoms with van der Waals surface area (Å²) in [5, 5.41) is 11.2. The first-order valence-corrected chi connectivity index (χ1v) is 4.91. The average Bonchev–Trinajstić information content (AvgIpc) is 2.28. The van der Waals surface area contributed by atoms with Gasteiger partial charge in [0.1, 0.15) is 17.1 Å². The minimum atomic E-state index is -1.40. The fourth-order valence-corrected chi connectivity index (χ4v) is 1.21. The standard InChI is InChI=1S/C11H12FNO4/c1-13-9(14)5-6-17-8-4-2-3-7(12)10(8)11(15)16/h2-4H,5-6H2,1H3,(H,13,14)(H,15,16). The van der Waals surface area contributed by atoms with Crippen LogP contribution in [-0.4, -0.2) is 30.6 Å². The summed E-state index contributed by atoms with van der Waals surface area (Å²) in [4.78, 5) is 21.7. The number of hydrogen-bond acceptors (Lipinski definition) is 3. The van der Waals surface area contributed by atoms with E-state index in [2.05, 4.69) is 5.32 Å². The molecule has 0 spiro atoms. The van der Waals surface area contributed by atoms with Crippen LogP contribution >= 0.6 is 0 Å². The first-order chi connectivity index (χ1) is 8.06. The quantitative estimate of drug-likeness (QED) is 0.807. The number of amides is 1. The number of nitrogens with one attached hydrogen (secondary N) is 1. The minimum absolute atomic E-state index is 0.0105. The predicted molar refractivity (Wildman–Crippen MR) is 57.5 cm³/mol. The molecule has 0 bridgehead atoms. The molecule has 0 saturated heterocycles. The molecule has 0 fully saturated rings. The van der Waals surface area contributed by atoms with Gasteiger partial charge in [-0.2, -0.15) is 0 Å². The van der Waals surface area contributed by atoms with Crippen molar-refractivity contribution in [1.29, 1.82) is 0 Å². The van der Waals surface area contributed by atoms with Crippen molar-refractivity contribution < 1.29 is 23.8 Å². The zero-order valence-corrected chi connectivity index (χ0v) is 9.20. The van der Waals surface area contributed by atoms with Crippen LogP contribution in [0.2, 0.25) is 0 Å². The summed E-state index contributed by atoms with van der Waals surface area (Å²) in [6, 6.07) is 3.72. The van der Waals surface area contributed by atoms with Crippen LogP contribution in [0, 0.1) is 5.82 Å². The van der Waals surface area contributed by atoms with E-state index in [9.17, 15) is 14.0 Å². The van der Waals surface area contributed by atoms with E-state index in [-0.39, 0.29) is 24.7 Å². The SMILES string of the molecule is CNC(=O)CCOc1cccc(F)c1C(=O)O. The molecule has 0 radical (unpaired) electrons. The maximum atomic E-state index is 13.2. The number of carboxylic acid groups (broad SMARTS) is 1. The number of carbonyl (C=O) groups excluding carboxylic acids is 1. The van der Waals surface area contributed by atoms with Crippen LogP contribution in [0.4, 0.5) is 4.39 Å². The lowest BCUT2D eigenvalue weighted by Crippen LogP contribution is -2.20. The Kier molecular flexibility index (Phi) is 4.45. The molecule has 1 amide bonds. The fraction of sp³-hybridized carbons (Fsp3) is 0.273. The first kappa shape index (κ1) is 13.0. The Morgan fingerprint density at radius 3 is 2.76 bits per heavy atom. The second kappa shape index (κ2) is 5.83. The van der Waals surface area contributed by atoms with Crippen LogP contribution in [0.5, 0.6) is 5.75 Å². The molecule has 2 N–H and O–H groups in total. The van der Waals surface area contributed by atoms with Crippen molar-refractivity contribution in [3.8, 4) is 5.75 Å². The van der Waals surface area contributed by atoms with Crippen LogP contribution in [0.3, 0.4) is 0 Å². The van der Waals surface area contributed by atoms with E-state index >= 15 is 0 Å². The fourth-order valence-electron chi connectivity index (χ4n) is 1.21. The zero-order valence-electron chi connectivity index (χ0n) is 9.20. The number of halogens is 1. The monoisotopic (exact) mass is 241 g/mol. The molecule has 0 aliphatic rings. The molecule has 92 valence electrons. The molecular weight excluding hydrogens is 229 g/mol. The molecule has 17 heavy (non-hydrogen) atoms. The van der Waals surface area contributed by atoms with Gasteiger partial charge in [-0.3, -0.25) is 4.79 Å². The highest BCUT2D eigenvalue weighted by Crippen LogP contribution is 2.21. The third-order valence-electron chi connectivity index (χ3n) is 2.05. The van der Waals surface area contributed by atoms with Gasteiger partial charge in [-0.25, -0.2) is 9.18 Å². The Labute approximate surface area is 97.2 Å². The zero-order chi connectivity index (χ0) is 12.8. The lowest BCUT2D eigenvalue weighted by atomic mass is 10.2. The smallest absolute Gasteiger partial charge is 0.342 e. The highest BCUT2D eigenvalue weighted by molar-refractivity contribution is 5.91. The van der Waals surface area contributed by atoms with Crippen molar-refractivity contribution in [2.24, 2.45) is 0 Å². The number of hydrogen-bond donors (Lipinski definition) is 2. The number of carbonyl (C=O) groups is 2. The van der Waals surface area contributed by atoms with Crippen molar-refractivity contribution >= 4 is 11.9 Å². The molecule has 0 saturated carbocycles. The van der Waals surface area contributed by atoms with E-state index in [0.29, 0.717) is 0 Å². The van der Waals surface area contributed by atoms with Crippen molar-refractivity contribution in [1.82, 2.24) is 5.32 Å². The summed E-state index contributed by atoms with van der Waals surface area (Å²) in [5.74, 6) is -2.59. The molecule has 0 aliphatic carbocycles. The van der Waals surface area contributed by atoms with Crippen molar-refractivity contribution in [2.45, 2.75) is 6.42 Å². The number of carboxylic acids is 1. The molecule has 1 aromatic carbocycles. The van der Waals surface area contributed by atoms with Crippen molar-refractivity contribution in [3.63, 3.8) is 0 Å². The number of benzene rings is 1. The summed E-state index contributed by atoms with van der Waals surface area (Å²) >= 11 is 0. The Balaban J connectivity index is 2.74.